The van der Waals surface area contributed by atoms with Crippen molar-refractivity contribution in [2.45, 2.75) is 37.5 Å². The van der Waals surface area contributed by atoms with Gasteiger partial charge in [-0.2, -0.15) is 0 Å². The van der Waals surface area contributed by atoms with Gasteiger partial charge in [0.2, 0.25) is 0 Å². The van der Waals surface area contributed by atoms with Crippen LogP contribution in [0.25, 0.3) is 0 Å². The lowest BCUT2D eigenvalue weighted by atomic mass is 10.1. The number of halogens is 1. The molecule has 17 heavy (non-hydrogen) atoms. The summed E-state index contributed by atoms with van der Waals surface area (Å²) in [5, 5.41) is 0.138. The Morgan fingerprint density at radius 2 is 2.29 bits per heavy atom. The van der Waals surface area contributed by atoms with Crippen molar-refractivity contribution < 1.29 is 4.79 Å². The maximum Gasteiger partial charge on any atom is 0.263 e. The highest BCUT2D eigenvalue weighted by atomic mass is 35.5. The molecule has 0 spiro atoms. The monoisotopic (exact) mass is 269 g/mol. The van der Waals surface area contributed by atoms with Gasteiger partial charge in [-0.25, -0.2) is 0 Å². The van der Waals surface area contributed by atoms with Gasteiger partial charge in [0.15, 0.2) is 0 Å². The normalized spacial score (nSPS) is 23.8. The lowest BCUT2D eigenvalue weighted by Crippen LogP contribution is -2.40. The van der Waals surface area contributed by atoms with E-state index in [9.17, 15) is 4.79 Å². The number of likely N-dealkylation sites (tertiary alicyclic amines) is 1. The van der Waals surface area contributed by atoms with Crippen LogP contribution in [0.5, 0.6) is 0 Å². The minimum atomic E-state index is 0.138. The highest BCUT2D eigenvalue weighted by molar-refractivity contribution is 7.14. The number of nitrogens with zero attached hydrogens (tertiary/aromatic N) is 1. The van der Waals surface area contributed by atoms with Crippen LogP contribution in [-0.4, -0.2) is 29.3 Å². The zero-order valence-corrected chi connectivity index (χ0v) is 11.3. The lowest BCUT2D eigenvalue weighted by Gasteiger charge is -2.29. The summed E-state index contributed by atoms with van der Waals surface area (Å²) >= 11 is 7.82. The van der Waals surface area contributed by atoms with Crippen LogP contribution in [0.1, 0.15) is 39.4 Å². The second kappa shape index (κ2) is 4.62. The number of carbonyl (C=O) groups excluding carboxylic acids is 1. The minimum absolute atomic E-state index is 0.138. The molecule has 1 saturated heterocycles. The van der Waals surface area contributed by atoms with Crippen molar-refractivity contribution in [3.05, 3.63) is 21.4 Å². The van der Waals surface area contributed by atoms with Crippen molar-refractivity contribution in [2.75, 3.05) is 13.1 Å². The molecule has 2 heterocycles. The molecule has 0 radical (unpaired) electrons. The van der Waals surface area contributed by atoms with E-state index in [1.165, 1.54) is 16.9 Å². The summed E-state index contributed by atoms with van der Waals surface area (Å²) in [6.07, 6.45) is 5.63. The zero-order valence-electron chi connectivity index (χ0n) is 9.75. The Kier molecular flexibility index (Phi) is 3.14. The van der Waals surface area contributed by atoms with Crippen LogP contribution in [0.2, 0.25) is 0 Å². The van der Waals surface area contributed by atoms with Gasteiger partial charge < -0.3 is 4.90 Å². The predicted octanol–water partition coefficient (Wildman–Crippen LogP) is 3.08. The maximum absolute atomic E-state index is 12.3. The van der Waals surface area contributed by atoms with E-state index in [-0.39, 0.29) is 11.3 Å². The van der Waals surface area contributed by atoms with Gasteiger partial charge in [0.25, 0.3) is 5.91 Å². The molecule has 1 aliphatic carbocycles. The summed E-state index contributed by atoms with van der Waals surface area (Å²) < 4.78 is 0. The van der Waals surface area contributed by atoms with Crippen LogP contribution >= 0.6 is 22.9 Å². The fourth-order valence-corrected chi connectivity index (χ4v) is 4.24. The van der Waals surface area contributed by atoms with Gasteiger partial charge in [-0.1, -0.05) is 0 Å². The zero-order chi connectivity index (χ0) is 11.8. The van der Waals surface area contributed by atoms with Gasteiger partial charge in [0, 0.05) is 18.0 Å². The Hall–Kier alpha value is -0.540. The van der Waals surface area contributed by atoms with Crippen LogP contribution in [0.15, 0.2) is 6.07 Å². The third-order valence-corrected chi connectivity index (χ3v) is 5.19. The molecular formula is C13H16ClNOS. The molecule has 1 unspecified atom stereocenters. The SMILES string of the molecule is O=C(c1cc2c(s1)CCC2)N1CCCC(Cl)C1. The van der Waals surface area contributed by atoms with Crippen molar-refractivity contribution in [2.24, 2.45) is 0 Å². The number of rotatable bonds is 1. The van der Waals surface area contributed by atoms with Gasteiger partial charge in [0.05, 0.1) is 10.3 Å². The smallest absolute Gasteiger partial charge is 0.263 e. The molecule has 92 valence electrons. The molecule has 1 atom stereocenters. The Bertz CT molecular complexity index is 421. The van der Waals surface area contributed by atoms with Gasteiger partial charge in [-0.15, -0.1) is 22.9 Å². The van der Waals surface area contributed by atoms with Crippen molar-refractivity contribution in [1.82, 2.24) is 4.90 Å². The van der Waals surface area contributed by atoms with Crippen molar-refractivity contribution in [1.29, 1.82) is 0 Å². The lowest BCUT2D eigenvalue weighted by molar-refractivity contribution is 0.0732. The molecule has 1 aromatic rings. The minimum Gasteiger partial charge on any atom is -0.336 e. The number of aryl methyl sites for hydroxylation is 2. The first-order valence-corrected chi connectivity index (χ1v) is 7.54. The Morgan fingerprint density at radius 3 is 3.06 bits per heavy atom. The van der Waals surface area contributed by atoms with E-state index < -0.39 is 0 Å². The molecule has 0 aromatic carbocycles. The van der Waals surface area contributed by atoms with E-state index >= 15 is 0 Å². The Balaban J connectivity index is 1.76. The number of hydrogen-bond acceptors (Lipinski definition) is 2. The molecule has 1 fully saturated rings. The number of piperidine rings is 1. The molecule has 0 saturated carbocycles. The molecule has 0 bridgehead atoms. The van der Waals surface area contributed by atoms with Crippen LogP contribution in [0.4, 0.5) is 0 Å². The van der Waals surface area contributed by atoms with E-state index in [1.807, 2.05) is 4.90 Å². The summed E-state index contributed by atoms with van der Waals surface area (Å²) in [6, 6.07) is 2.10. The largest absolute Gasteiger partial charge is 0.336 e. The highest BCUT2D eigenvalue weighted by Gasteiger charge is 2.26. The molecule has 4 heteroatoms. The highest BCUT2D eigenvalue weighted by Crippen LogP contribution is 2.31. The predicted molar refractivity (Wildman–Crippen MR) is 71.1 cm³/mol. The van der Waals surface area contributed by atoms with Gasteiger partial charge in [0.1, 0.15) is 0 Å². The fraction of sp³-hybridized carbons (Fsp3) is 0.615. The maximum atomic E-state index is 12.3. The van der Waals surface area contributed by atoms with Crippen molar-refractivity contribution >= 4 is 28.8 Å². The summed E-state index contributed by atoms with van der Waals surface area (Å²) in [5.41, 5.74) is 1.40. The summed E-state index contributed by atoms with van der Waals surface area (Å²) in [4.78, 5) is 16.6. The molecule has 1 aliphatic heterocycles. The topological polar surface area (TPSA) is 20.3 Å². The Labute approximate surface area is 111 Å². The quantitative estimate of drug-likeness (QED) is 0.718. The average Bonchev–Trinajstić information content (AvgIpc) is 2.88. The molecule has 0 N–H and O–H groups in total. The van der Waals surface area contributed by atoms with E-state index in [2.05, 4.69) is 6.07 Å². The van der Waals surface area contributed by atoms with Crippen LogP contribution in [-0.2, 0) is 12.8 Å². The summed E-state index contributed by atoms with van der Waals surface area (Å²) in [6.45, 7) is 1.58. The summed E-state index contributed by atoms with van der Waals surface area (Å²) in [7, 11) is 0. The number of alkyl halides is 1. The number of fused-ring (bicyclic) bond motifs is 1. The third-order valence-electron chi connectivity index (χ3n) is 3.61. The van der Waals surface area contributed by atoms with Crippen molar-refractivity contribution in [3.8, 4) is 0 Å². The van der Waals surface area contributed by atoms with E-state index in [0.717, 1.165) is 37.1 Å². The third kappa shape index (κ3) is 2.23. The van der Waals surface area contributed by atoms with Crippen LogP contribution < -0.4 is 0 Å². The van der Waals surface area contributed by atoms with Gasteiger partial charge in [-0.05, 0) is 43.7 Å². The number of carbonyl (C=O) groups is 1. The number of hydrogen-bond donors (Lipinski definition) is 0. The molecular weight excluding hydrogens is 254 g/mol. The first-order chi connectivity index (χ1) is 8.24. The van der Waals surface area contributed by atoms with E-state index in [1.54, 1.807) is 11.3 Å². The molecule has 1 amide bonds. The first-order valence-electron chi connectivity index (χ1n) is 6.29. The summed E-state index contributed by atoms with van der Waals surface area (Å²) in [5.74, 6) is 0.190. The first kappa shape index (κ1) is 11.5. The van der Waals surface area contributed by atoms with Crippen LogP contribution in [0.3, 0.4) is 0 Å². The van der Waals surface area contributed by atoms with Gasteiger partial charge >= 0.3 is 0 Å². The van der Waals surface area contributed by atoms with Gasteiger partial charge in [-0.3, -0.25) is 4.79 Å². The average molecular weight is 270 g/mol. The van der Waals surface area contributed by atoms with Crippen molar-refractivity contribution in [3.63, 3.8) is 0 Å². The second-order valence-electron chi connectivity index (χ2n) is 4.90. The number of amides is 1. The van der Waals surface area contributed by atoms with Crippen LogP contribution in [0, 0.1) is 0 Å². The fourth-order valence-electron chi connectivity index (χ4n) is 2.70. The van der Waals surface area contributed by atoms with E-state index in [4.69, 9.17) is 11.6 Å². The Morgan fingerprint density at radius 1 is 1.41 bits per heavy atom. The molecule has 1 aromatic heterocycles. The number of thiophene rings is 1. The van der Waals surface area contributed by atoms with E-state index in [0.29, 0.717) is 6.54 Å². The molecule has 3 rings (SSSR count). The molecule has 2 aliphatic rings. The standard InChI is InChI=1S/C13H16ClNOS/c14-10-4-2-6-15(8-10)13(16)12-7-9-3-1-5-11(9)17-12/h7,10H,1-6,8H2. The second-order valence-corrected chi connectivity index (χ2v) is 6.66. The molecule has 2 nitrogen and oxygen atoms in total.